The van der Waals surface area contributed by atoms with Crippen molar-refractivity contribution in [1.82, 2.24) is 31.1 Å². The number of amides is 5. The summed E-state index contributed by atoms with van der Waals surface area (Å²) in [6.07, 6.45) is 12.8. The van der Waals surface area contributed by atoms with Crippen LogP contribution in [0.5, 0.6) is 0 Å². The van der Waals surface area contributed by atoms with E-state index >= 15 is 0 Å². The summed E-state index contributed by atoms with van der Waals surface area (Å²) in [7, 11) is 0. The summed E-state index contributed by atoms with van der Waals surface area (Å²) in [6, 6.07) is -3.15. The number of fused-ring (bicyclic) bond motifs is 1. The van der Waals surface area contributed by atoms with Crippen LogP contribution in [0.25, 0.3) is 0 Å². The van der Waals surface area contributed by atoms with Gasteiger partial charge in [0.05, 0.1) is 6.04 Å². The van der Waals surface area contributed by atoms with Gasteiger partial charge in [-0.1, -0.05) is 79.6 Å². The molecule has 0 aromatic rings. The normalized spacial score (nSPS) is 29.7. The molecule has 6 N–H and O–H groups in total. The lowest BCUT2D eigenvalue weighted by atomic mass is 9.73. The third-order valence-electron chi connectivity index (χ3n) is 15.4. The van der Waals surface area contributed by atoms with Gasteiger partial charge >= 0.3 is 6.03 Å². The van der Waals surface area contributed by atoms with Crippen molar-refractivity contribution in [2.45, 2.75) is 162 Å². The van der Waals surface area contributed by atoms with E-state index in [1.54, 1.807) is 4.90 Å². The Labute approximate surface area is 317 Å². The second kappa shape index (κ2) is 14.7. The molecule has 6 fully saturated rings. The van der Waals surface area contributed by atoms with Crippen molar-refractivity contribution >= 4 is 29.5 Å². The van der Waals surface area contributed by atoms with Crippen molar-refractivity contribution in [3.63, 3.8) is 0 Å². The molecule has 1 unspecified atom stereocenters. The summed E-state index contributed by atoms with van der Waals surface area (Å²) in [5.74, 6) is -1.93. The number of carbonyl (C=O) groups is 5. The van der Waals surface area contributed by atoms with Crippen molar-refractivity contribution < 1.29 is 24.0 Å². The zero-order valence-electron chi connectivity index (χ0n) is 33.7. The number of rotatable bonds is 12. The molecule has 2 spiro atoms. The maximum absolute atomic E-state index is 15.0. The molecule has 0 aromatic heterocycles. The maximum atomic E-state index is 15.0. The molecule has 6 aliphatic rings. The second-order valence-electron chi connectivity index (χ2n) is 20.0. The Kier molecular flexibility index (Phi) is 11.1. The lowest BCUT2D eigenvalue weighted by molar-refractivity contribution is -0.143. The van der Waals surface area contributed by atoms with Gasteiger partial charge in [0.25, 0.3) is 5.91 Å². The number of piperazine rings is 1. The number of hydrogen-bond donors (Lipinski definition) is 5. The molecular weight excluding hydrogens is 670 g/mol. The highest BCUT2D eigenvalue weighted by Crippen LogP contribution is 2.88. The molecule has 12 heteroatoms. The highest BCUT2D eigenvalue weighted by molar-refractivity contribution is 6.37. The van der Waals surface area contributed by atoms with E-state index in [1.165, 1.54) is 6.42 Å². The first kappa shape index (κ1) is 39.9. The number of ketones is 1. The van der Waals surface area contributed by atoms with Crippen molar-refractivity contribution in [3.8, 4) is 0 Å². The van der Waals surface area contributed by atoms with E-state index < -0.39 is 41.1 Å². The molecule has 2 heterocycles. The molecule has 0 bridgehead atoms. The molecule has 0 radical (unpaired) electrons. The molecule has 5 amide bonds. The lowest BCUT2D eigenvalue weighted by Gasteiger charge is -2.46. The molecule has 53 heavy (non-hydrogen) atoms. The number of carbonyl (C=O) groups excluding carboxylic acids is 5. The zero-order valence-corrected chi connectivity index (χ0v) is 33.7. The molecule has 12 nitrogen and oxygen atoms in total. The highest BCUT2D eigenvalue weighted by atomic mass is 16.2. The zero-order chi connectivity index (χ0) is 38.6. The maximum Gasteiger partial charge on any atom is 0.315 e. The molecule has 2 saturated heterocycles. The van der Waals surface area contributed by atoms with Gasteiger partial charge in [-0.15, -0.1) is 0 Å². The summed E-state index contributed by atoms with van der Waals surface area (Å²) < 4.78 is 0. The highest BCUT2D eigenvalue weighted by Gasteiger charge is 2.85. The van der Waals surface area contributed by atoms with Crippen LogP contribution in [0.1, 0.15) is 132 Å². The van der Waals surface area contributed by atoms with Crippen molar-refractivity contribution in [1.29, 1.82) is 0 Å². The van der Waals surface area contributed by atoms with Gasteiger partial charge in [0.1, 0.15) is 12.1 Å². The van der Waals surface area contributed by atoms with E-state index in [0.717, 1.165) is 90.4 Å². The number of nitrogens with one attached hydrogen (secondary N) is 4. The Morgan fingerprint density at radius 1 is 0.868 bits per heavy atom. The number of urea groups is 1. The van der Waals surface area contributed by atoms with Crippen LogP contribution in [0, 0.1) is 33.5 Å². The van der Waals surface area contributed by atoms with E-state index in [-0.39, 0.29) is 45.7 Å². The Morgan fingerprint density at radius 3 is 2.08 bits per heavy atom. The molecule has 2 aliphatic heterocycles. The first-order valence-corrected chi connectivity index (χ1v) is 20.8. The largest absolute Gasteiger partial charge is 0.363 e. The van der Waals surface area contributed by atoms with Crippen LogP contribution in [0.2, 0.25) is 0 Å². The quantitative estimate of drug-likeness (QED) is 0.190. The summed E-state index contributed by atoms with van der Waals surface area (Å²) in [4.78, 5) is 72.7. The fourth-order valence-corrected chi connectivity index (χ4v) is 11.4. The van der Waals surface area contributed by atoms with Crippen LogP contribution in [0.15, 0.2) is 0 Å². The summed E-state index contributed by atoms with van der Waals surface area (Å²) in [6.45, 7) is 18.8. The van der Waals surface area contributed by atoms with E-state index in [1.807, 2.05) is 20.8 Å². The average Bonchev–Trinajstić information content (AvgIpc) is 3.26. The summed E-state index contributed by atoms with van der Waals surface area (Å²) >= 11 is 0. The first-order valence-electron chi connectivity index (χ1n) is 20.8. The third kappa shape index (κ3) is 7.36. The predicted octanol–water partition coefficient (Wildman–Crippen LogP) is 3.86. The molecular formula is C41H69N7O5. The van der Waals surface area contributed by atoms with Gasteiger partial charge in [-0.05, 0) is 80.5 Å². The standard InChI is InChI=1S/C41H69N7O5/c1-37(2,3)32(46-36(53)45-29(27-15-9-8-10-16-27)23-47-20-19-43-24-38(47,4)5)35(52)48-25-41(39(6,7)40(41)17-12-18-40)22-30(48)34(51)44-28(31(49)33(42)50)21-26-13-11-14-26/h26-30,32,43H,8-25H2,1-7H3,(H2,42,50)(H,44,51)(H2,45,46,53)/t28?,29-,30+,32-,41-/m1/s1. The molecule has 298 valence electrons. The van der Waals surface area contributed by atoms with Crippen LogP contribution >= 0.6 is 0 Å². The lowest BCUT2D eigenvalue weighted by Crippen LogP contribution is -2.64. The molecule has 5 atom stereocenters. The van der Waals surface area contributed by atoms with Gasteiger partial charge in [0.15, 0.2) is 0 Å². The Morgan fingerprint density at radius 2 is 1.55 bits per heavy atom. The van der Waals surface area contributed by atoms with Gasteiger partial charge in [-0.25, -0.2) is 4.79 Å². The minimum atomic E-state index is -1.06. The number of nitrogens with two attached hydrogens (primary N) is 1. The van der Waals surface area contributed by atoms with Gasteiger partial charge in [-0.2, -0.15) is 0 Å². The number of likely N-dealkylation sites (tertiary alicyclic amines) is 1. The smallest absolute Gasteiger partial charge is 0.315 e. The minimum Gasteiger partial charge on any atom is -0.363 e. The van der Waals surface area contributed by atoms with Crippen LogP contribution in [-0.2, 0) is 19.2 Å². The van der Waals surface area contributed by atoms with E-state index in [2.05, 4.69) is 53.9 Å². The number of primary amides is 1. The van der Waals surface area contributed by atoms with Crippen molar-refractivity contribution in [2.24, 2.45) is 39.2 Å². The monoisotopic (exact) mass is 740 g/mol. The molecule has 6 rings (SSSR count). The minimum absolute atomic E-state index is 0.0398. The topological polar surface area (TPSA) is 166 Å². The second-order valence-corrected chi connectivity index (χ2v) is 20.0. The Bertz CT molecular complexity index is 1430. The number of hydrogen-bond acceptors (Lipinski definition) is 7. The molecule has 4 aliphatic carbocycles. The van der Waals surface area contributed by atoms with Gasteiger partial charge in [0.2, 0.25) is 17.6 Å². The van der Waals surface area contributed by atoms with Crippen LogP contribution in [0.3, 0.4) is 0 Å². The fourth-order valence-electron chi connectivity index (χ4n) is 11.4. The van der Waals surface area contributed by atoms with Gasteiger partial charge in [-0.3, -0.25) is 24.1 Å². The Balaban J connectivity index is 1.23. The Hall–Kier alpha value is -2.73. The SMILES string of the molecule is CC(C)(C)[C@H](NC(=O)N[C@H](CN1CCNCC1(C)C)C1CCCCC1)C(=O)N1C[C@]2(C[C@H]1C(=O)NC(CC1CCC1)C(=O)C(N)=O)C(C)(C)C21CCC1. The van der Waals surface area contributed by atoms with Gasteiger partial charge in [0, 0.05) is 49.7 Å². The van der Waals surface area contributed by atoms with Crippen LogP contribution in [-0.4, -0.2) is 102 Å². The van der Waals surface area contributed by atoms with E-state index in [9.17, 15) is 24.0 Å². The average molecular weight is 740 g/mol. The predicted molar refractivity (Wildman–Crippen MR) is 205 cm³/mol. The summed E-state index contributed by atoms with van der Waals surface area (Å²) in [5, 5.41) is 12.9. The van der Waals surface area contributed by atoms with Crippen molar-refractivity contribution in [2.75, 3.05) is 32.7 Å². The van der Waals surface area contributed by atoms with E-state index in [0.29, 0.717) is 25.3 Å². The van der Waals surface area contributed by atoms with Crippen molar-refractivity contribution in [3.05, 3.63) is 0 Å². The molecule has 4 saturated carbocycles. The van der Waals surface area contributed by atoms with Crippen LogP contribution < -0.4 is 27.0 Å². The van der Waals surface area contributed by atoms with Crippen LogP contribution in [0.4, 0.5) is 4.79 Å². The van der Waals surface area contributed by atoms with E-state index in [4.69, 9.17) is 5.73 Å². The number of nitrogens with zero attached hydrogens (tertiary/aromatic N) is 2. The summed E-state index contributed by atoms with van der Waals surface area (Å²) in [5.41, 5.74) is 4.52. The molecule has 0 aromatic carbocycles. The first-order chi connectivity index (χ1) is 24.8. The van der Waals surface area contributed by atoms with Gasteiger partial charge < -0.3 is 31.9 Å². The fraction of sp³-hybridized carbons (Fsp3) is 0.878. The third-order valence-corrected chi connectivity index (χ3v) is 15.4. The number of Topliss-reactive ketones (excluding diaryl/α,β-unsaturated/α-hetero) is 1.